The molecule has 1 N–H and O–H groups in total. The van der Waals surface area contributed by atoms with Crippen LogP contribution in [0.25, 0.3) is 0 Å². The van der Waals surface area contributed by atoms with Gasteiger partial charge in [-0.25, -0.2) is 0 Å². The van der Waals surface area contributed by atoms with Crippen LogP contribution in [-0.4, -0.2) is 36.6 Å². The van der Waals surface area contributed by atoms with Gasteiger partial charge >= 0.3 is 0 Å². The first kappa shape index (κ1) is 10.4. The van der Waals surface area contributed by atoms with E-state index in [1.165, 1.54) is 38.9 Å². The van der Waals surface area contributed by atoms with E-state index in [0.29, 0.717) is 5.41 Å². The molecule has 1 saturated heterocycles. The molecule has 2 heteroatoms. The number of nitrogens with zero attached hydrogens (tertiary/aromatic N) is 1. The number of piperazine rings is 1. The molecule has 2 rings (SSSR count). The van der Waals surface area contributed by atoms with Crippen molar-refractivity contribution in [2.45, 2.75) is 52.1 Å². The summed E-state index contributed by atoms with van der Waals surface area (Å²) in [4.78, 5) is 2.76. The van der Waals surface area contributed by atoms with Crippen LogP contribution in [0.1, 0.15) is 40.0 Å². The van der Waals surface area contributed by atoms with Gasteiger partial charge in [0.15, 0.2) is 0 Å². The van der Waals surface area contributed by atoms with Crippen LogP contribution in [0.2, 0.25) is 0 Å². The van der Waals surface area contributed by atoms with Crippen LogP contribution in [0, 0.1) is 5.41 Å². The molecule has 1 aliphatic heterocycles. The Morgan fingerprint density at radius 2 is 1.93 bits per heavy atom. The Labute approximate surface area is 88.1 Å². The number of rotatable bonds is 1. The third-order valence-corrected chi connectivity index (χ3v) is 3.83. The number of hydrogen-bond acceptors (Lipinski definition) is 2. The van der Waals surface area contributed by atoms with Gasteiger partial charge in [-0.3, -0.25) is 4.90 Å². The van der Waals surface area contributed by atoms with Crippen LogP contribution in [0.3, 0.4) is 0 Å². The van der Waals surface area contributed by atoms with Crippen LogP contribution in [-0.2, 0) is 0 Å². The third kappa shape index (κ3) is 1.96. The van der Waals surface area contributed by atoms with Gasteiger partial charge in [-0.1, -0.05) is 27.2 Å². The zero-order valence-corrected chi connectivity index (χ0v) is 9.84. The molecule has 1 saturated carbocycles. The Morgan fingerprint density at radius 3 is 2.43 bits per heavy atom. The van der Waals surface area contributed by atoms with Gasteiger partial charge in [-0.15, -0.1) is 0 Å². The van der Waals surface area contributed by atoms with Gasteiger partial charge in [0, 0.05) is 31.7 Å². The number of nitrogens with one attached hydrogen (secondary N) is 1. The smallest absolute Gasteiger partial charge is 0.0272 e. The van der Waals surface area contributed by atoms with E-state index in [-0.39, 0.29) is 0 Å². The summed E-state index contributed by atoms with van der Waals surface area (Å²) in [6.07, 6.45) is 4.32. The topological polar surface area (TPSA) is 15.3 Å². The molecule has 0 aromatic rings. The van der Waals surface area contributed by atoms with Crippen molar-refractivity contribution in [3.8, 4) is 0 Å². The van der Waals surface area contributed by atoms with E-state index in [1.54, 1.807) is 0 Å². The van der Waals surface area contributed by atoms with Gasteiger partial charge in [-0.2, -0.15) is 0 Å². The van der Waals surface area contributed by atoms with Crippen molar-refractivity contribution in [1.82, 2.24) is 10.2 Å². The van der Waals surface area contributed by atoms with E-state index in [1.807, 2.05) is 0 Å². The van der Waals surface area contributed by atoms with Crippen molar-refractivity contribution in [2.24, 2.45) is 5.41 Å². The van der Waals surface area contributed by atoms with Gasteiger partial charge in [0.2, 0.25) is 0 Å². The molecule has 0 aromatic heterocycles. The van der Waals surface area contributed by atoms with Crippen LogP contribution in [0.4, 0.5) is 0 Å². The molecule has 2 fully saturated rings. The largest absolute Gasteiger partial charge is 0.314 e. The lowest BCUT2D eigenvalue weighted by Crippen LogP contribution is -2.61. The second kappa shape index (κ2) is 3.82. The quantitative estimate of drug-likeness (QED) is 0.688. The second-order valence-corrected chi connectivity index (χ2v) is 5.91. The fourth-order valence-electron chi connectivity index (χ4n) is 2.68. The first-order valence-electron chi connectivity index (χ1n) is 6.05. The zero-order chi connectivity index (χ0) is 10.2. The van der Waals surface area contributed by atoms with Crippen LogP contribution < -0.4 is 5.32 Å². The summed E-state index contributed by atoms with van der Waals surface area (Å²) in [6.45, 7) is 10.7. The molecular formula is C12H24N2. The molecule has 1 atom stereocenters. The normalized spacial score (nSPS) is 31.5. The Hall–Kier alpha value is -0.0800. The van der Waals surface area contributed by atoms with E-state index >= 15 is 0 Å². The van der Waals surface area contributed by atoms with Crippen LogP contribution in [0.5, 0.6) is 0 Å². The van der Waals surface area contributed by atoms with Crippen molar-refractivity contribution in [3.05, 3.63) is 0 Å². The molecule has 1 aliphatic carbocycles. The fraction of sp³-hybridized carbons (Fsp3) is 1.00. The minimum absolute atomic E-state index is 0.420. The van der Waals surface area contributed by atoms with Gasteiger partial charge in [0.25, 0.3) is 0 Å². The highest BCUT2D eigenvalue weighted by Crippen LogP contribution is 2.33. The monoisotopic (exact) mass is 196 g/mol. The zero-order valence-electron chi connectivity index (χ0n) is 9.84. The lowest BCUT2D eigenvalue weighted by molar-refractivity contribution is 0.00826. The molecule has 2 aliphatic rings. The molecule has 0 radical (unpaired) electrons. The average Bonchev–Trinajstić information content (AvgIpc) is 2.00. The van der Waals surface area contributed by atoms with Crippen molar-refractivity contribution in [3.63, 3.8) is 0 Å². The maximum Gasteiger partial charge on any atom is 0.0272 e. The van der Waals surface area contributed by atoms with E-state index < -0.39 is 0 Å². The molecule has 2 nitrogen and oxygen atoms in total. The summed E-state index contributed by atoms with van der Waals surface area (Å²) in [5.74, 6) is 0. The van der Waals surface area contributed by atoms with Crippen molar-refractivity contribution in [2.75, 3.05) is 19.6 Å². The Morgan fingerprint density at radius 1 is 1.21 bits per heavy atom. The summed E-state index contributed by atoms with van der Waals surface area (Å²) in [7, 11) is 0. The lowest BCUT2D eigenvalue weighted by Gasteiger charge is -2.50. The predicted molar refractivity (Wildman–Crippen MR) is 60.5 cm³/mol. The predicted octanol–water partition coefficient (Wildman–Crippen LogP) is 1.86. The highest BCUT2D eigenvalue weighted by Gasteiger charge is 2.37. The molecule has 0 aromatic carbocycles. The summed E-state index contributed by atoms with van der Waals surface area (Å²) in [6, 6.07) is 1.64. The Bertz CT molecular complexity index is 191. The molecular weight excluding hydrogens is 172 g/mol. The fourth-order valence-corrected chi connectivity index (χ4v) is 2.68. The Kier molecular flexibility index (Phi) is 2.85. The lowest BCUT2D eigenvalue weighted by atomic mass is 9.81. The summed E-state index contributed by atoms with van der Waals surface area (Å²) in [5, 5.41) is 3.53. The number of hydrogen-bond donors (Lipinski definition) is 1. The van der Waals surface area contributed by atoms with Gasteiger partial charge < -0.3 is 5.32 Å². The summed E-state index contributed by atoms with van der Waals surface area (Å²) in [5.41, 5.74) is 0.420. The highest BCUT2D eigenvalue weighted by molar-refractivity contribution is 4.94. The first-order chi connectivity index (χ1) is 6.59. The molecule has 82 valence electrons. The van der Waals surface area contributed by atoms with Crippen molar-refractivity contribution >= 4 is 0 Å². The van der Waals surface area contributed by atoms with E-state index in [4.69, 9.17) is 0 Å². The van der Waals surface area contributed by atoms with Crippen LogP contribution >= 0.6 is 0 Å². The van der Waals surface area contributed by atoms with Gasteiger partial charge in [0.1, 0.15) is 0 Å². The standard InChI is InChI=1S/C12H24N2/c1-12(2,3)11-9-13-7-8-14(11)10-5-4-6-10/h10-11,13H,4-9H2,1-3H3. The maximum absolute atomic E-state index is 3.53. The van der Waals surface area contributed by atoms with Gasteiger partial charge in [0.05, 0.1) is 0 Å². The Balaban J connectivity index is 2.03. The van der Waals surface area contributed by atoms with Crippen molar-refractivity contribution in [1.29, 1.82) is 0 Å². The highest BCUT2D eigenvalue weighted by atomic mass is 15.3. The minimum atomic E-state index is 0.420. The third-order valence-electron chi connectivity index (χ3n) is 3.83. The van der Waals surface area contributed by atoms with Gasteiger partial charge in [-0.05, 0) is 18.3 Å². The van der Waals surface area contributed by atoms with E-state index in [9.17, 15) is 0 Å². The second-order valence-electron chi connectivity index (χ2n) is 5.91. The molecule has 0 bridgehead atoms. The maximum atomic E-state index is 3.53. The molecule has 0 spiro atoms. The average molecular weight is 196 g/mol. The first-order valence-corrected chi connectivity index (χ1v) is 6.05. The molecule has 14 heavy (non-hydrogen) atoms. The van der Waals surface area contributed by atoms with E-state index in [0.717, 1.165) is 12.1 Å². The van der Waals surface area contributed by atoms with Crippen molar-refractivity contribution < 1.29 is 0 Å². The SMILES string of the molecule is CC(C)(C)C1CNCCN1C1CCC1. The minimum Gasteiger partial charge on any atom is -0.314 e. The summed E-state index contributed by atoms with van der Waals surface area (Å²) < 4.78 is 0. The van der Waals surface area contributed by atoms with E-state index in [2.05, 4.69) is 31.0 Å². The molecule has 1 unspecified atom stereocenters. The summed E-state index contributed by atoms with van der Waals surface area (Å²) >= 11 is 0. The van der Waals surface area contributed by atoms with Crippen LogP contribution in [0.15, 0.2) is 0 Å². The molecule has 0 amide bonds. The molecule has 1 heterocycles.